The Morgan fingerprint density at radius 3 is 2.94 bits per heavy atom. The second kappa shape index (κ2) is 7.69. The maximum Gasteiger partial charge on any atom is 0.238 e. The van der Waals surface area contributed by atoms with E-state index in [1.807, 2.05) is 11.8 Å². The molecule has 100 valence electrons. The van der Waals surface area contributed by atoms with Crippen molar-refractivity contribution in [2.24, 2.45) is 0 Å². The average Bonchev–Trinajstić information content (AvgIpc) is 2.37. The van der Waals surface area contributed by atoms with Crippen molar-refractivity contribution in [2.75, 3.05) is 39.3 Å². The predicted octanol–water partition coefficient (Wildman–Crippen LogP) is -1.85. The highest BCUT2D eigenvalue weighted by Crippen LogP contribution is 2.03. The zero-order valence-corrected chi connectivity index (χ0v) is 10.7. The second-order valence-corrected chi connectivity index (χ2v) is 4.07. The fourth-order valence-electron chi connectivity index (χ4n) is 1.88. The third-order valence-corrected chi connectivity index (χ3v) is 2.74. The molecule has 1 saturated heterocycles. The lowest BCUT2D eigenvalue weighted by atomic mass is 10.1. The minimum Gasteiger partial charge on any atom is -0.355 e. The fraction of sp³-hybridized carbons (Fsp3) is 0.667. The lowest BCUT2D eigenvalue weighted by Gasteiger charge is -2.34. The van der Waals surface area contributed by atoms with Crippen molar-refractivity contribution >= 4 is 11.8 Å². The van der Waals surface area contributed by atoms with Crippen LogP contribution in [0.1, 0.15) is 6.92 Å². The summed E-state index contributed by atoms with van der Waals surface area (Å²) in [5.41, 5.74) is 0. The number of hydrogen-bond acceptors (Lipinski definition) is 4. The molecule has 6 nitrogen and oxygen atoms in total. The number of carbonyl (C=O) groups excluding carboxylic acids is 2. The van der Waals surface area contributed by atoms with E-state index >= 15 is 0 Å². The molecule has 6 heteroatoms. The monoisotopic (exact) mass is 252 g/mol. The highest BCUT2D eigenvalue weighted by atomic mass is 16.2. The maximum atomic E-state index is 11.8. The van der Waals surface area contributed by atoms with Crippen molar-refractivity contribution in [2.45, 2.75) is 13.0 Å². The topological polar surface area (TPSA) is 73.5 Å². The van der Waals surface area contributed by atoms with Gasteiger partial charge in [0.1, 0.15) is 6.04 Å². The Hall–Kier alpha value is -1.58. The average molecular weight is 252 g/mol. The van der Waals surface area contributed by atoms with Crippen LogP contribution in [0.25, 0.3) is 0 Å². The molecule has 0 aliphatic carbocycles. The molecule has 0 aromatic rings. The van der Waals surface area contributed by atoms with Crippen LogP contribution in [-0.2, 0) is 9.59 Å². The van der Waals surface area contributed by atoms with Crippen LogP contribution >= 0.6 is 0 Å². The molecule has 1 aliphatic heterocycles. The van der Waals surface area contributed by atoms with E-state index in [2.05, 4.69) is 21.9 Å². The minimum absolute atomic E-state index is 0.0468. The lowest BCUT2D eigenvalue weighted by Crippen LogP contribution is -2.59. The van der Waals surface area contributed by atoms with Gasteiger partial charge < -0.3 is 16.0 Å². The molecule has 0 aromatic heterocycles. The molecule has 1 aliphatic rings. The highest BCUT2D eigenvalue weighted by molar-refractivity contribution is 5.84. The summed E-state index contributed by atoms with van der Waals surface area (Å²) in [5.74, 6) is 2.15. The summed E-state index contributed by atoms with van der Waals surface area (Å²) in [4.78, 5) is 25.3. The quantitative estimate of drug-likeness (QED) is 0.502. The molecule has 0 bridgehead atoms. The number of terminal acetylenes is 1. The summed E-state index contributed by atoms with van der Waals surface area (Å²) >= 11 is 0. The van der Waals surface area contributed by atoms with Gasteiger partial charge in [0.25, 0.3) is 0 Å². The molecule has 1 unspecified atom stereocenters. The van der Waals surface area contributed by atoms with Gasteiger partial charge in [-0.15, -0.1) is 6.42 Å². The van der Waals surface area contributed by atoms with E-state index in [1.54, 1.807) is 0 Å². The van der Waals surface area contributed by atoms with Gasteiger partial charge in [0.05, 0.1) is 13.1 Å². The Kier molecular flexibility index (Phi) is 6.19. The van der Waals surface area contributed by atoms with Crippen molar-refractivity contribution in [3.63, 3.8) is 0 Å². The normalized spacial score (nSPS) is 19.9. The Morgan fingerprint density at radius 2 is 2.28 bits per heavy atom. The lowest BCUT2D eigenvalue weighted by molar-refractivity contribution is -0.129. The number of carbonyl (C=O) groups is 2. The van der Waals surface area contributed by atoms with Gasteiger partial charge in [0.15, 0.2) is 0 Å². The van der Waals surface area contributed by atoms with Crippen molar-refractivity contribution in [1.82, 2.24) is 20.9 Å². The van der Waals surface area contributed by atoms with E-state index in [9.17, 15) is 9.59 Å². The molecule has 1 fully saturated rings. The van der Waals surface area contributed by atoms with E-state index in [4.69, 9.17) is 6.42 Å². The zero-order chi connectivity index (χ0) is 13.4. The van der Waals surface area contributed by atoms with Crippen LogP contribution in [0.3, 0.4) is 0 Å². The second-order valence-electron chi connectivity index (χ2n) is 4.07. The van der Waals surface area contributed by atoms with Crippen LogP contribution in [0, 0.1) is 12.3 Å². The molecule has 0 saturated carbocycles. The third-order valence-electron chi connectivity index (χ3n) is 2.74. The Bertz CT molecular complexity index is 337. The number of rotatable bonds is 5. The minimum atomic E-state index is -0.296. The zero-order valence-electron chi connectivity index (χ0n) is 10.7. The molecule has 0 aromatic carbocycles. The van der Waals surface area contributed by atoms with Crippen LogP contribution in [0.15, 0.2) is 0 Å². The first-order valence-corrected chi connectivity index (χ1v) is 6.11. The summed E-state index contributed by atoms with van der Waals surface area (Å²) in [5, 5.41) is 8.53. The highest BCUT2D eigenvalue weighted by Gasteiger charge is 2.29. The largest absolute Gasteiger partial charge is 0.355 e. The van der Waals surface area contributed by atoms with Crippen LogP contribution in [0.4, 0.5) is 0 Å². The number of amides is 2. The van der Waals surface area contributed by atoms with Crippen LogP contribution in [0.5, 0.6) is 0 Å². The van der Waals surface area contributed by atoms with Gasteiger partial charge in [-0.3, -0.25) is 14.5 Å². The SMILES string of the molecule is C#CCNC(=O)CN1CCNCC1C(=O)NCC. The Labute approximate surface area is 107 Å². The standard InChI is InChI=1S/C12H20N4O2/c1-3-5-15-11(17)9-16-7-6-13-8-10(16)12(18)14-4-2/h1,10,13H,4-9H2,2H3,(H,14,18)(H,15,17). The van der Waals surface area contributed by atoms with Crippen LogP contribution in [-0.4, -0.2) is 62.0 Å². The van der Waals surface area contributed by atoms with E-state index in [1.165, 1.54) is 0 Å². The number of nitrogens with zero attached hydrogens (tertiary/aromatic N) is 1. The van der Waals surface area contributed by atoms with E-state index in [0.717, 1.165) is 6.54 Å². The predicted molar refractivity (Wildman–Crippen MR) is 68.8 cm³/mol. The van der Waals surface area contributed by atoms with Gasteiger partial charge in [0.2, 0.25) is 11.8 Å². The van der Waals surface area contributed by atoms with E-state index < -0.39 is 0 Å². The van der Waals surface area contributed by atoms with Crippen LogP contribution < -0.4 is 16.0 Å². The van der Waals surface area contributed by atoms with Crippen molar-refractivity contribution in [1.29, 1.82) is 0 Å². The number of likely N-dealkylation sites (N-methyl/N-ethyl adjacent to an activating group) is 1. The summed E-state index contributed by atoms with van der Waals surface area (Å²) in [6.45, 7) is 4.89. The Balaban J connectivity index is 2.51. The van der Waals surface area contributed by atoms with Gasteiger partial charge in [-0.25, -0.2) is 0 Å². The number of piperazine rings is 1. The smallest absolute Gasteiger partial charge is 0.238 e. The van der Waals surface area contributed by atoms with Crippen molar-refractivity contribution in [3.05, 3.63) is 0 Å². The Morgan fingerprint density at radius 1 is 1.50 bits per heavy atom. The van der Waals surface area contributed by atoms with Gasteiger partial charge in [0, 0.05) is 26.2 Å². The number of nitrogens with one attached hydrogen (secondary N) is 3. The van der Waals surface area contributed by atoms with Crippen LogP contribution in [0.2, 0.25) is 0 Å². The molecule has 18 heavy (non-hydrogen) atoms. The summed E-state index contributed by atoms with van der Waals surface area (Å²) in [7, 11) is 0. The molecule has 1 rings (SSSR count). The summed E-state index contributed by atoms with van der Waals surface area (Å²) in [6.07, 6.45) is 5.07. The molecule has 2 amide bonds. The van der Waals surface area contributed by atoms with Gasteiger partial charge in [-0.2, -0.15) is 0 Å². The first-order chi connectivity index (χ1) is 8.69. The molecule has 1 heterocycles. The third kappa shape index (κ3) is 4.35. The molecular formula is C12H20N4O2. The molecule has 3 N–H and O–H groups in total. The van der Waals surface area contributed by atoms with Gasteiger partial charge in [-0.05, 0) is 6.92 Å². The molecular weight excluding hydrogens is 232 g/mol. The first-order valence-electron chi connectivity index (χ1n) is 6.11. The molecule has 0 spiro atoms. The van der Waals surface area contributed by atoms with E-state index in [0.29, 0.717) is 19.6 Å². The summed E-state index contributed by atoms with van der Waals surface area (Å²) < 4.78 is 0. The summed E-state index contributed by atoms with van der Waals surface area (Å²) in [6, 6.07) is -0.296. The van der Waals surface area contributed by atoms with Crippen molar-refractivity contribution < 1.29 is 9.59 Å². The van der Waals surface area contributed by atoms with Gasteiger partial charge >= 0.3 is 0 Å². The van der Waals surface area contributed by atoms with Crippen molar-refractivity contribution in [3.8, 4) is 12.3 Å². The first kappa shape index (κ1) is 14.5. The molecule has 0 radical (unpaired) electrons. The maximum absolute atomic E-state index is 11.8. The molecule has 1 atom stereocenters. The van der Waals surface area contributed by atoms with Gasteiger partial charge in [-0.1, -0.05) is 5.92 Å². The number of hydrogen-bond donors (Lipinski definition) is 3. The fourth-order valence-corrected chi connectivity index (χ4v) is 1.88. The van der Waals surface area contributed by atoms with E-state index in [-0.39, 0.29) is 30.9 Å².